The van der Waals surface area contributed by atoms with Crippen LogP contribution in [0.4, 0.5) is 5.69 Å². The van der Waals surface area contributed by atoms with E-state index in [9.17, 15) is 14.9 Å². The maximum absolute atomic E-state index is 12.2. The third kappa shape index (κ3) is 4.60. The van der Waals surface area contributed by atoms with Crippen molar-refractivity contribution >= 4 is 11.6 Å². The number of benzene rings is 2. The monoisotopic (exact) mass is 380 g/mol. The van der Waals surface area contributed by atoms with E-state index in [0.29, 0.717) is 29.8 Å². The van der Waals surface area contributed by atoms with Crippen LogP contribution in [0.3, 0.4) is 0 Å². The summed E-state index contributed by atoms with van der Waals surface area (Å²) in [6.07, 6.45) is 2.40. The van der Waals surface area contributed by atoms with Crippen LogP contribution in [0.15, 0.2) is 60.8 Å². The molecule has 1 heterocycles. The molecule has 3 rings (SSSR count). The van der Waals surface area contributed by atoms with Gasteiger partial charge in [-0.25, -0.2) is 4.68 Å². The van der Waals surface area contributed by atoms with Crippen molar-refractivity contribution in [1.29, 1.82) is 0 Å². The Morgan fingerprint density at radius 1 is 1.14 bits per heavy atom. The standard InChI is InChI=1S/C20H20N4O4/c25-12-4-11-21-19(26)13-16-14-23(17-5-2-1-3-6-17)22-20(16)15-7-9-18(10-8-15)24(27)28/h1-3,5-10,14,25H,4,11-13H2,(H,21,26). The smallest absolute Gasteiger partial charge is 0.269 e. The molecule has 3 aromatic rings. The van der Waals surface area contributed by atoms with Crippen molar-refractivity contribution in [3.05, 3.63) is 76.5 Å². The molecule has 144 valence electrons. The Kier molecular flexibility index (Phi) is 6.13. The third-order valence-corrected chi connectivity index (χ3v) is 4.17. The second-order valence-electron chi connectivity index (χ2n) is 6.19. The van der Waals surface area contributed by atoms with E-state index in [-0.39, 0.29) is 24.6 Å². The Balaban J connectivity index is 1.93. The highest BCUT2D eigenvalue weighted by Gasteiger charge is 2.16. The van der Waals surface area contributed by atoms with Gasteiger partial charge in [-0.2, -0.15) is 5.10 Å². The number of aliphatic hydroxyl groups is 1. The molecular weight excluding hydrogens is 360 g/mol. The van der Waals surface area contributed by atoms with E-state index in [1.165, 1.54) is 12.1 Å². The maximum atomic E-state index is 12.2. The molecule has 0 aliphatic carbocycles. The first-order chi connectivity index (χ1) is 13.6. The summed E-state index contributed by atoms with van der Waals surface area (Å²) in [5, 5.41) is 27.1. The van der Waals surface area contributed by atoms with E-state index < -0.39 is 4.92 Å². The molecular formula is C20H20N4O4. The summed E-state index contributed by atoms with van der Waals surface area (Å²) >= 11 is 0. The SMILES string of the molecule is O=C(Cc1cn(-c2ccccc2)nc1-c1ccc([N+](=O)[O-])cc1)NCCCO. The van der Waals surface area contributed by atoms with Gasteiger partial charge in [0.25, 0.3) is 5.69 Å². The lowest BCUT2D eigenvalue weighted by atomic mass is 10.1. The fourth-order valence-corrected chi connectivity index (χ4v) is 2.78. The number of nitro benzene ring substituents is 1. The van der Waals surface area contributed by atoms with Crippen molar-refractivity contribution in [2.24, 2.45) is 0 Å². The first kappa shape index (κ1) is 19.2. The normalized spacial score (nSPS) is 10.6. The molecule has 0 atom stereocenters. The summed E-state index contributed by atoms with van der Waals surface area (Å²) in [6, 6.07) is 15.6. The zero-order valence-corrected chi connectivity index (χ0v) is 15.1. The number of nitrogens with one attached hydrogen (secondary N) is 1. The summed E-state index contributed by atoms with van der Waals surface area (Å²) in [7, 11) is 0. The highest BCUT2D eigenvalue weighted by molar-refractivity contribution is 5.81. The lowest BCUT2D eigenvalue weighted by Gasteiger charge is -2.04. The van der Waals surface area contributed by atoms with E-state index >= 15 is 0 Å². The zero-order valence-electron chi connectivity index (χ0n) is 15.1. The number of nitro groups is 1. The minimum absolute atomic E-state index is 0.00506. The molecule has 0 radical (unpaired) electrons. The van der Waals surface area contributed by atoms with E-state index in [1.807, 2.05) is 30.3 Å². The molecule has 0 aliphatic rings. The number of hydrogen-bond acceptors (Lipinski definition) is 5. The number of carbonyl (C=O) groups excluding carboxylic acids is 1. The molecule has 0 aliphatic heterocycles. The predicted octanol–water partition coefficient (Wildman–Crippen LogP) is 2.49. The van der Waals surface area contributed by atoms with Crippen LogP contribution in [-0.2, 0) is 11.2 Å². The van der Waals surface area contributed by atoms with Crippen molar-refractivity contribution in [2.75, 3.05) is 13.2 Å². The lowest BCUT2D eigenvalue weighted by molar-refractivity contribution is -0.384. The molecule has 8 nitrogen and oxygen atoms in total. The van der Waals surface area contributed by atoms with E-state index in [2.05, 4.69) is 10.4 Å². The molecule has 0 fully saturated rings. The van der Waals surface area contributed by atoms with Crippen molar-refractivity contribution in [3.8, 4) is 16.9 Å². The number of para-hydroxylation sites is 1. The van der Waals surface area contributed by atoms with Crippen LogP contribution in [0.25, 0.3) is 16.9 Å². The first-order valence-corrected chi connectivity index (χ1v) is 8.85. The fourth-order valence-electron chi connectivity index (χ4n) is 2.78. The van der Waals surface area contributed by atoms with Gasteiger partial charge in [-0.1, -0.05) is 18.2 Å². The molecule has 2 N–H and O–H groups in total. The maximum Gasteiger partial charge on any atom is 0.269 e. The molecule has 1 amide bonds. The molecule has 2 aromatic carbocycles. The van der Waals surface area contributed by atoms with E-state index in [4.69, 9.17) is 5.11 Å². The fraction of sp³-hybridized carbons (Fsp3) is 0.200. The van der Waals surface area contributed by atoms with Crippen LogP contribution < -0.4 is 5.32 Å². The van der Waals surface area contributed by atoms with Crippen LogP contribution >= 0.6 is 0 Å². The molecule has 28 heavy (non-hydrogen) atoms. The van der Waals surface area contributed by atoms with Gasteiger partial charge in [0.15, 0.2) is 0 Å². The Bertz CT molecular complexity index is 952. The van der Waals surface area contributed by atoms with Gasteiger partial charge < -0.3 is 10.4 Å². The van der Waals surface area contributed by atoms with Gasteiger partial charge in [0, 0.05) is 42.6 Å². The van der Waals surface area contributed by atoms with Crippen LogP contribution in [0.2, 0.25) is 0 Å². The number of carbonyl (C=O) groups is 1. The van der Waals surface area contributed by atoms with Gasteiger partial charge in [-0.3, -0.25) is 14.9 Å². The number of amides is 1. The summed E-state index contributed by atoms with van der Waals surface area (Å²) < 4.78 is 1.69. The molecule has 0 spiro atoms. The first-order valence-electron chi connectivity index (χ1n) is 8.85. The van der Waals surface area contributed by atoms with Crippen LogP contribution in [0.5, 0.6) is 0 Å². The molecule has 8 heteroatoms. The van der Waals surface area contributed by atoms with Crippen LogP contribution in [-0.4, -0.2) is 38.9 Å². The number of nitrogens with zero attached hydrogens (tertiary/aromatic N) is 3. The second kappa shape index (κ2) is 8.92. The highest BCUT2D eigenvalue weighted by Crippen LogP contribution is 2.26. The van der Waals surface area contributed by atoms with Gasteiger partial charge in [0.05, 0.1) is 22.7 Å². The van der Waals surface area contributed by atoms with E-state index in [1.54, 1.807) is 23.0 Å². The topological polar surface area (TPSA) is 110 Å². The average molecular weight is 380 g/mol. The lowest BCUT2D eigenvalue weighted by Crippen LogP contribution is -2.26. The zero-order chi connectivity index (χ0) is 19.9. The average Bonchev–Trinajstić information content (AvgIpc) is 3.12. The summed E-state index contributed by atoms with van der Waals surface area (Å²) in [5.41, 5.74) is 2.83. The largest absolute Gasteiger partial charge is 0.396 e. The van der Waals surface area contributed by atoms with Crippen molar-refractivity contribution in [1.82, 2.24) is 15.1 Å². The molecule has 0 bridgehead atoms. The highest BCUT2D eigenvalue weighted by atomic mass is 16.6. The second-order valence-corrected chi connectivity index (χ2v) is 6.19. The van der Waals surface area contributed by atoms with Gasteiger partial charge in [0.1, 0.15) is 0 Å². The number of rotatable bonds is 8. The Hall–Kier alpha value is -3.52. The van der Waals surface area contributed by atoms with Gasteiger partial charge in [-0.15, -0.1) is 0 Å². The quantitative estimate of drug-likeness (QED) is 0.354. The van der Waals surface area contributed by atoms with Crippen molar-refractivity contribution < 1.29 is 14.8 Å². The van der Waals surface area contributed by atoms with Crippen LogP contribution in [0, 0.1) is 10.1 Å². The Morgan fingerprint density at radius 3 is 2.50 bits per heavy atom. The molecule has 0 saturated heterocycles. The van der Waals surface area contributed by atoms with Crippen LogP contribution in [0.1, 0.15) is 12.0 Å². The number of non-ortho nitro benzene ring substituents is 1. The Morgan fingerprint density at radius 2 is 1.86 bits per heavy atom. The minimum atomic E-state index is -0.456. The van der Waals surface area contributed by atoms with Gasteiger partial charge >= 0.3 is 0 Å². The summed E-state index contributed by atoms with van der Waals surface area (Å²) in [4.78, 5) is 22.7. The van der Waals surface area contributed by atoms with Crippen molar-refractivity contribution in [3.63, 3.8) is 0 Å². The van der Waals surface area contributed by atoms with Gasteiger partial charge in [-0.05, 0) is 30.7 Å². The predicted molar refractivity (Wildman–Crippen MR) is 104 cm³/mol. The van der Waals surface area contributed by atoms with Crippen molar-refractivity contribution in [2.45, 2.75) is 12.8 Å². The summed E-state index contributed by atoms with van der Waals surface area (Å²) in [6.45, 7) is 0.412. The minimum Gasteiger partial charge on any atom is -0.396 e. The van der Waals surface area contributed by atoms with E-state index in [0.717, 1.165) is 5.69 Å². The van der Waals surface area contributed by atoms with Gasteiger partial charge in [0.2, 0.25) is 5.91 Å². The third-order valence-electron chi connectivity index (χ3n) is 4.17. The Labute approximate surface area is 161 Å². The summed E-state index contributed by atoms with van der Waals surface area (Å²) in [5.74, 6) is -0.177. The molecule has 0 unspecified atom stereocenters. The number of aliphatic hydroxyl groups excluding tert-OH is 1. The molecule has 1 aromatic heterocycles. The number of hydrogen-bond donors (Lipinski definition) is 2. The molecule has 0 saturated carbocycles. The number of aromatic nitrogens is 2.